The Labute approximate surface area is 120 Å². The highest BCUT2D eigenvalue weighted by molar-refractivity contribution is 5.92. The molecular weight excluding hydrogens is 256 g/mol. The second-order valence-corrected chi connectivity index (χ2v) is 4.56. The molecule has 1 unspecified atom stereocenters. The molecule has 1 amide bonds. The van der Waals surface area contributed by atoms with Gasteiger partial charge in [-0.15, -0.1) is 0 Å². The second-order valence-electron chi connectivity index (χ2n) is 4.56. The predicted molar refractivity (Wildman–Crippen MR) is 80.2 cm³/mol. The van der Waals surface area contributed by atoms with Gasteiger partial charge in [-0.3, -0.25) is 4.79 Å². The van der Waals surface area contributed by atoms with Gasteiger partial charge in [0.05, 0.1) is 6.61 Å². The van der Waals surface area contributed by atoms with Crippen molar-refractivity contribution >= 4 is 11.6 Å². The van der Waals surface area contributed by atoms with E-state index in [1.165, 1.54) is 0 Å². The van der Waals surface area contributed by atoms with E-state index in [2.05, 4.69) is 10.6 Å². The Balaban J connectivity index is 2.42. The number of hydrogen-bond acceptors (Lipinski definition) is 4. The van der Waals surface area contributed by atoms with Crippen molar-refractivity contribution in [2.24, 2.45) is 5.92 Å². The van der Waals surface area contributed by atoms with Gasteiger partial charge in [-0.25, -0.2) is 0 Å². The number of amides is 1. The molecule has 20 heavy (non-hydrogen) atoms. The van der Waals surface area contributed by atoms with Crippen LogP contribution in [0.4, 0.5) is 5.69 Å². The maximum absolute atomic E-state index is 11.9. The highest BCUT2D eigenvalue weighted by Crippen LogP contribution is 2.16. The summed E-state index contributed by atoms with van der Waals surface area (Å²) < 4.78 is 10.4. The Hall–Kier alpha value is -1.59. The number of anilines is 1. The summed E-state index contributed by atoms with van der Waals surface area (Å²) in [6.07, 6.45) is 0. The highest BCUT2D eigenvalue weighted by Gasteiger charge is 2.12. The van der Waals surface area contributed by atoms with Gasteiger partial charge in [0.2, 0.25) is 5.91 Å². The van der Waals surface area contributed by atoms with Crippen molar-refractivity contribution in [2.75, 3.05) is 38.7 Å². The van der Waals surface area contributed by atoms with Crippen LogP contribution in [0.1, 0.15) is 13.8 Å². The quantitative estimate of drug-likeness (QED) is 0.678. The third-order valence-electron chi connectivity index (χ3n) is 2.83. The van der Waals surface area contributed by atoms with E-state index in [1.54, 1.807) is 7.11 Å². The van der Waals surface area contributed by atoms with Gasteiger partial charge in [-0.2, -0.15) is 0 Å². The average molecular weight is 280 g/mol. The van der Waals surface area contributed by atoms with Gasteiger partial charge < -0.3 is 20.1 Å². The number of benzene rings is 1. The van der Waals surface area contributed by atoms with Gasteiger partial charge in [0, 0.05) is 25.3 Å². The molecule has 1 atom stereocenters. The molecule has 0 bridgehead atoms. The van der Waals surface area contributed by atoms with E-state index in [-0.39, 0.29) is 11.8 Å². The molecule has 112 valence electrons. The van der Waals surface area contributed by atoms with Crippen LogP contribution in [0.15, 0.2) is 24.3 Å². The molecule has 5 heteroatoms. The highest BCUT2D eigenvalue weighted by atomic mass is 16.5. The zero-order valence-electron chi connectivity index (χ0n) is 12.4. The van der Waals surface area contributed by atoms with Gasteiger partial charge in [-0.05, 0) is 30.8 Å². The fraction of sp³-hybridized carbons (Fsp3) is 0.533. The van der Waals surface area contributed by atoms with Crippen LogP contribution in [0.3, 0.4) is 0 Å². The van der Waals surface area contributed by atoms with E-state index in [0.29, 0.717) is 19.8 Å². The SMILES string of the molecule is CCNCC(C)C(=O)Nc1ccc(OCCOC)cc1. The van der Waals surface area contributed by atoms with Crippen molar-refractivity contribution in [3.63, 3.8) is 0 Å². The Morgan fingerprint density at radius 3 is 2.55 bits per heavy atom. The molecule has 5 nitrogen and oxygen atoms in total. The predicted octanol–water partition coefficient (Wildman–Crippen LogP) is 1.90. The van der Waals surface area contributed by atoms with E-state index < -0.39 is 0 Å². The summed E-state index contributed by atoms with van der Waals surface area (Å²) in [7, 11) is 1.64. The van der Waals surface area contributed by atoms with Crippen molar-refractivity contribution < 1.29 is 14.3 Å². The van der Waals surface area contributed by atoms with E-state index >= 15 is 0 Å². The van der Waals surface area contributed by atoms with E-state index in [0.717, 1.165) is 18.0 Å². The lowest BCUT2D eigenvalue weighted by Crippen LogP contribution is -2.30. The molecule has 0 aliphatic rings. The fourth-order valence-corrected chi connectivity index (χ4v) is 1.60. The lowest BCUT2D eigenvalue weighted by atomic mass is 10.1. The minimum atomic E-state index is -0.0624. The topological polar surface area (TPSA) is 59.6 Å². The van der Waals surface area contributed by atoms with Crippen molar-refractivity contribution in [1.82, 2.24) is 5.32 Å². The Kier molecular flexibility index (Phi) is 7.69. The molecule has 2 N–H and O–H groups in total. The van der Waals surface area contributed by atoms with Crippen molar-refractivity contribution in [1.29, 1.82) is 0 Å². The van der Waals surface area contributed by atoms with Gasteiger partial charge in [-0.1, -0.05) is 13.8 Å². The van der Waals surface area contributed by atoms with Crippen molar-refractivity contribution in [2.45, 2.75) is 13.8 Å². The third-order valence-corrected chi connectivity index (χ3v) is 2.83. The molecular formula is C15H24N2O3. The zero-order valence-corrected chi connectivity index (χ0v) is 12.4. The van der Waals surface area contributed by atoms with E-state index in [4.69, 9.17) is 9.47 Å². The summed E-state index contributed by atoms with van der Waals surface area (Å²) in [4.78, 5) is 11.9. The number of rotatable bonds is 9. The normalized spacial score (nSPS) is 11.9. The number of hydrogen-bond donors (Lipinski definition) is 2. The first-order valence-corrected chi connectivity index (χ1v) is 6.90. The molecule has 0 fully saturated rings. The van der Waals surface area contributed by atoms with Crippen LogP contribution in [0.25, 0.3) is 0 Å². The summed E-state index contributed by atoms with van der Waals surface area (Å²) >= 11 is 0. The average Bonchev–Trinajstić information content (AvgIpc) is 2.46. The molecule has 1 rings (SSSR count). The minimum absolute atomic E-state index is 0.0130. The lowest BCUT2D eigenvalue weighted by Gasteiger charge is -2.13. The summed E-state index contributed by atoms with van der Waals surface area (Å²) in [5, 5.41) is 6.05. The maximum atomic E-state index is 11.9. The number of methoxy groups -OCH3 is 1. The van der Waals surface area contributed by atoms with Crippen LogP contribution in [0.5, 0.6) is 5.75 Å². The summed E-state index contributed by atoms with van der Waals surface area (Å²) in [6, 6.07) is 7.33. The molecule has 0 aliphatic heterocycles. The Morgan fingerprint density at radius 1 is 1.25 bits per heavy atom. The van der Waals surface area contributed by atoms with Crippen LogP contribution < -0.4 is 15.4 Å². The van der Waals surface area contributed by atoms with Gasteiger partial charge in [0.15, 0.2) is 0 Å². The minimum Gasteiger partial charge on any atom is -0.491 e. The van der Waals surface area contributed by atoms with Crippen molar-refractivity contribution in [3.8, 4) is 5.75 Å². The number of nitrogens with one attached hydrogen (secondary N) is 2. The molecule has 0 saturated carbocycles. The molecule has 0 saturated heterocycles. The van der Waals surface area contributed by atoms with Crippen LogP contribution in [0.2, 0.25) is 0 Å². The second kappa shape index (κ2) is 9.34. The molecule has 1 aromatic rings. The van der Waals surface area contributed by atoms with E-state index in [9.17, 15) is 4.79 Å². The molecule has 1 aromatic carbocycles. The molecule has 0 radical (unpaired) electrons. The summed E-state index contributed by atoms with van der Waals surface area (Å²) in [5.41, 5.74) is 0.775. The fourth-order valence-electron chi connectivity index (χ4n) is 1.60. The molecule has 0 heterocycles. The zero-order chi connectivity index (χ0) is 14.8. The summed E-state index contributed by atoms with van der Waals surface area (Å²) in [5.74, 6) is 0.715. The third kappa shape index (κ3) is 6.04. The number of carbonyl (C=O) groups excluding carboxylic acids is 1. The number of ether oxygens (including phenoxy) is 2. The monoisotopic (exact) mass is 280 g/mol. The van der Waals surface area contributed by atoms with Crippen molar-refractivity contribution in [3.05, 3.63) is 24.3 Å². The number of carbonyl (C=O) groups is 1. The van der Waals surface area contributed by atoms with Gasteiger partial charge >= 0.3 is 0 Å². The van der Waals surface area contributed by atoms with E-state index in [1.807, 2.05) is 38.1 Å². The van der Waals surface area contributed by atoms with Gasteiger partial charge in [0.25, 0.3) is 0 Å². The first-order chi connectivity index (χ1) is 9.67. The standard InChI is InChI=1S/C15H24N2O3/c1-4-16-11-12(2)15(18)17-13-5-7-14(8-6-13)20-10-9-19-3/h5-8,12,16H,4,9-11H2,1-3H3,(H,17,18). The Morgan fingerprint density at radius 2 is 1.95 bits per heavy atom. The van der Waals surface area contributed by atoms with Crippen LogP contribution in [-0.4, -0.2) is 39.3 Å². The molecule has 0 aromatic heterocycles. The van der Waals surface area contributed by atoms with Crippen LogP contribution in [-0.2, 0) is 9.53 Å². The van der Waals surface area contributed by atoms with Crippen LogP contribution in [0, 0.1) is 5.92 Å². The first-order valence-electron chi connectivity index (χ1n) is 6.90. The van der Waals surface area contributed by atoms with Crippen LogP contribution >= 0.6 is 0 Å². The summed E-state index contributed by atoms with van der Waals surface area (Å²) in [6.45, 7) is 6.54. The smallest absolute Gasteiger partial charge is 0.228 e. The molecule has 0 spiro atoms. The lowest BCUT2D eigenvalue weighted by molar-refractivity contribution is -0.119. The maximum Gasteiger partial charge on any atom is 0.228 e. The van der Waals surface area contributed by atoms with Gasteiger partial charge in [0.1, 0.15) is 12.4 Å². The first kappa shape index (κ1) is 16.5. The Bertz CT molecular complexity index is 393. The molecule has 0 aliphatic carbocycles. The largest absolute Gasteiger partial charge is 0.491 e.